The molecule has 25 heavy (non-hydrogen) atoms. The van der Waals surface area contributed by atoms with E-state index in [4.69, 9.17) is 9.47 Å². The number of carbonyl (C=O) groups excluding carboxylic acids is 2. The van der Waals surface area contributed by atoms with E-state index in [-0.39, 0.29) is 24.5 Å². The van der Waals surface area contributed by atoms with Crippen molar-refractivity contribution in [3.05, 3.63) is 28.8 Å². The van der Waals surface area contributed by atoms with Gasteiger partial charge in [0.15, 0.2) is 18.1 Å². The van der Waals surface area contributed by atoms with Crippen LogP contribution in [0.4, 0.5) is 5.13 Å². The van der Waals surface area contributed by atoms with E-state index in [0.29, 0.717) is 22.2 Å². The van der Waals surface area contributed by atoms with Gasteiger partial charge in [-0.15, -0.1) is 10.2 Å². The Morgan fingerprint density at radius 1 is 1.24 bits per heavy atom. The van der Waals surface area contributed by atoms with Crippen LogP contribution in [0.1, 0.15) is 29.2 Å². The van der Waals surface area contributed by atoms with Crippen molar-refractivity contribution in [2.24, 2.45) is 0 Å². The highest BCUT2D eigenvalue weighted by atomic mass is 32.1. The molecule has 1 heterocycles. The summed E-state index contributed by atoms with van der Waals surface area (Å²) in [6.07, 6.45) is 0. The first-order chi connectivity index (χ1) is 11.9. The topological polar surface area (TPSA) is 102 Å². The Morgan fingerprint density at radius 3 is 2.60 bits per heavy atom. The number of aryl methyl sites for hydroxylation is 1. The van der Waals surface area contributed by atoms with Crippen molar-refractivity contribution >= 4 is 28.3 Å². The molecular formula is C16H20N4O4S. The molecule has 0 saturated heterocycles. The fourth-order valence-corrected chi connectivity index (χ4v) is 2.54. The van der Waals surface area contributed by atoms with Crippen LogP contribution in [0.3, 0.4) is 0 Å². The zero-order valence-corrected chi connectivity index (χ0v) is 15.3. The highest BCUT2D eigenvalue weighted by Crippen LogP contribution is 2.28. The van der Waals surface area contributed by atoms with E-state index in [1.165, 1.54) is 18.4 Å². The van der Waals surface area contributed by atoms with Crippen molar-refractivity contribution < 1.29 is 19.1 Å². The molecule has 0 atom stereocenters. The summed E-state index contributed by atoms with van der Waals surface area (Å²) in [5.41, 5.74) is 0.378. The largest absolute Gasteiger partial charge is 0.493 e. The van der Waals surface area contributed by atoms with Gasteiger partial charge in [0.1, 0.15) is 5.01 Å². The maximum absolute atomic E-state index is 12.3. The quantitative estimate of drug-likeness (QED) is 0.779. The highest BCUT2D eigenvalue weighted by molar-refractivity contribution is 7.15. The van der Waals surface area contributed by atoms with Gasteiger partial charge in [0.25, 0.3) is 11.8 Å². The first-order valence-electron chi connectivity index (χ1n) is 7.60. The van der Waals surface area contributed by atoms with Crippen LogP contribution in [0.15, 0.2) is 18.2 Å². The molecule has 8 nitrogen and oxygen atoms in total. The molecule has 0 unspecified atom stereocenters. The molecule has 0 radical (unpaired) electrons. The van der Waals surface area contributed by atoms with Gasteiger partial charge in [-0.2, -0.15) is 0 Å². The molecule has 9 heteroatoms. The zero-order chi connectivity index (χ0) is 18.4. The molecule has 1 aromatic heterocycles. The van der Waals surface area contributed by atoms with Gasteiger partial charge in [-0.25, -0.2) is 0 Å². The van der Waals surface area contributed by atoms with E-state index in [1.54, 1.807) is 25.1 Å². The minimum absolute atomic E-state index is 0.0352. The normalized spacial score (nSPS) is 10.4. The molecule has 0 aliphatic carbocycles. The van der Waals surface area contributed by atoms with E-state index in [0.717, 1.165) is 5.01 Å². The monoisotopic (exact) mass is 364 g/mol. The Labute approximate surface area is 149 Å². The number of nitrogens with one attached hydrogen (secondary N) is 2. The molecule has 2 amide bonds. The van der Waals surface area contributed by atoms with E-state index in [1.807, 2.05) is 13.8 Å². The van der Waals surface area contributed by atoms with E-state index < -0.39 is 0 Å². The molecule has 0 aliphatic rings. The predicted octanol–water partition coefficient (Wildman–Crippen LogP) is 2.01. The maximum Gasteiger partial charge on any atom is 0.258 e. The average Bonchev–Trinajstić information content (AvgIpc) is 2.97. The van der Waals surface area contributed by atoms with Gasteiger partial charge >= 0.3 is 0 Å². The summed E-state index contributed by atoms with van der Waals surface area (Å²) in [5, 5.41) is 14.3. The third-order valence-corrected chi connectivity index (χ3v) is 3.73. The molecule has 2 aromatic rings. The predicted molar refractivity (Wildman–Crippen MR) is 94.4 cm³/mol. The Kier molecular flexibility index (Phi) is 6.29. The van der Waals surface area contributed by atoms with Crippen molar-refractivity contribution in [2.45, 2.75) is 26.8 Å². The lowest BCUT2D eigenvalue weighted by atomic mass is 10.2. The van der Waals surface area contributed by atoms with Crippen LogP contribution >= 0.6 is 11.3 Å². The SMILES string of the molecule is COc1cc(C(=O)Nc2nnc(C)s2)ccc1OCC(=O)NC(C)C. The molecule has 2 rings (SSSR count). The lowest BCUT2D eigenvalue weighted by molar-refractivity contribution is -0.123. The number of methoxy groups -OCH3 is 1. The van der Waals surface area contributed by atoms with Crippen molar-refractivity contribution in [2.75, 3.05) is 19.0 Å². The second-order valence-electron chi connectivity index (χ2n) is 5.46. The van der Waals surface area contributed by atoms with Crippen LogP contribution in [0, 0.1) is 6.92 Å². The van der Waals surface area contributed by atoms with Gasteiger partial charge in [0.05, 0.1) is 7.11 Å². The van der Waals surface area contributed by atoms with Crippen LogP contribution < -0.4 is 20.1 Å². The average molecular weight is 364 g/mol. The van der Waals surface area contributed by atoms with Crippen LogP contribution in [0.25, 0.3) is 0 Å². The first kappa shape index (κ1) is 18.7. The van der Waals surface area contributed by atoms with Crippen molar-refractivity contribution in [3.8, 4) is 11.5 Å². The number of hydrogen-bond acceptors (Lipinski definition) is 7. The number of amides is 2. The van der Waals surface area contributed by atoms with E-state index >= 15 is 0 Å². The van der Waals surface area contributed by atoms with E-state index in [2.05, 4.69) is 20.8 Å². The highest BCUT2D eigenvalue weighted by Gasteiger charge is 2.14. The van der Waals surface area contributed by atoms with Gasteiger partial charge in [-0.05, 0) is 39.0 Å². The summed E-state index contributed by atoms with van der Waals surface area (Å²) in [6, 6.07) is 4.75. The number of rotatable bonds is 7. The number of anilines is 1. The lowest BCUT2D eigenvalue weighted by Gasteiger charge is -2.13. The van der Waals surface area contributed by atoms with Crippen molar-refractivity contribution in [3.63, 3.8) is 0 Å². The second-order valence-corrected chi connectivity index (χ2v) is 6.64. The number of aromatic nitrogens is 2. The molecule has 0 fully saturated rings. The zero-order valence-electron chi connectivity index (χ0n) is 14.5. The fourth-order valence-electron chi connectivity index (χ4n) is 1.95. The Hall–Kier alpha value is -2.68. The Morgan fingerprint density at radius 2 is 2.00 bits per heavy atom. The molecule has 0 aliphatic heterocycles. The summed E-state index contributed by atoms with van der Waals surface area (Å²) in [4.78, 5) is 23.9. The molecule has 0 spiro atoms. The van der Waals surface area contributed by atoms with Crippen LogP contribution in [0.2, 0.25) is 0 Å². The molecular weight excluding hydrogens is 344 g/mol. The minimum atomic E-state index is -0.335. The molecule has 0 saturated carbocycles. The van der Waals surface area contributed by atoms with Crippen molar-refractivity contribution in [1.29, 1.82) is 0 Å². The van der Waals surface area contributed by atoms with Crippen LogP contribution in [-0.2, 0) is 4.79 Å². The smallest absolute Gasteiger partial charge is 0.258 e. The molecule has 0 bridgehead atoms. The number of nitrogens with zero attached hydrogens (tertiary/aromatic N) is 2. The lowest BCUT2D eigenvalue weighted by Crippen LogP contribution is -2.34. The van der Waals surface area contributed by atoms with Gasteiger partial charge in [0, 0.05) is 11.6 Å². The van der Waals surface area contributed by atoms with Gasteiger partial charge in [-0.1, -0.05) is 11.3 Å². The fraction of sp³-hybridized carbons (Fsp3) is 0.375. The standard InChI is InChI=1S/C16H20N4O4S/c1-9(2)17-14(21)8-24-12-6-5-11(7-13(12)23-4)15(22)18-16-20-19-10(3)25-16/h5-7,9H,8H2,1-4H3,(H,17,21)(H,18,20,22). The number of hydrogen-bond donors (Lipinski definition) is 2. The van der Waals surface area contributed by atoms with E-state index in [9.17, 15) is 9.59 Å². The molecule has 2 N–H and O–H groups in total. The summed E-state index contributed by atoms with van der Waals surface area (Å²) < 4.78 is 10.7. The minimum Gasteiger partial charge on any atom is -0.493 e. The summed E-state index contributed by atoms with van der Waals surface area (Å²) in [6.45, 7) is 5.40. The van der Waals surface area contributed by atoms with Crippen LogP contribution in [0.5, 0.6) is 11.5 Å². The van der Waals surface area contributed by atoms with Gasteiger partial charge < -0.3 is 14.8 Å². The first-order valence-corrected chi connectivity index (χ1v) is 8.42. The van der Waals surface area contributed by atoms with Crippen molar-refractivity contribution in [1.82, 2.24) is 15.5 Å². The van der Waals surface area contributed by atoms with Gasteiger partial charge in [0.2, 0.25) is 5.13 Å². The Bertz CT molecular complexity index is 760. The Balaban J connectivity index is 2.05. The maximum atomic E-state index is 12.3. The number of ether oxygens (including phenoxy) is 2. The molecule has 134 valence electrons. The summed E-state index contributed by atoms with van der Waals surface area (Å²) in [5.74, 6) is 0.173. The summed E-state index contributed by atoms with van der Waals surface area (Å²) in [7, 11) is 1.46. The third kappa shape index (κ3) is 5.42. The van der Waals surface area contributed by atoms with Crippen LogP contribution in [-0.4, -0.2) is 41.8 Å². The van der Waals surface area contributed by atoms with Gasteiger partial charge in [-0.3, -0.25) is 14.9 Å². The molecule has 1 aromatic carbocycles. The second kappa shape index (κ2) is 8.43. The summed E-state index contributed by atoms with van der Waals surface area (Å²) >= 11 is 1.29. The third-order valence-electron chi connectivity index (χ3n) is 2.98. The number of carbonyl (C=O) groups is 2. The number of benzene rings is 1.